The zero-order chi connectivity index (χ0) is 31.8. The maximum Gasteiger partial charge on any atom is 0.320 e. The number of fused-ring (bicyclic) bond motifs is 2. The average molecular weight is 613 g/mol. The molecule has 1 aromatic carbocycles. The van der Waals surface area contributed by atoms with Gasteiger partial charge in [-0.05, 0) is 36.1 Å². The van der Waals surface area contributed by atoms with Gasteiger partial charge in [0.05, 0.1) is 37.7 Å². The molecule has 2 N–H and O–H groups in total. The minimum Gasteiger partial charge on any atom is -0.484 e. The molecular formula is C34H44N8O3. The number of nitrogens with one attached hydrogen (secondary N) is 2. The first-order valence-electron chi connectivity index (χ1n) is 15.8. The first-order valence-corrected chi connectivity index (χ1v) is 15.8. The number of anilines is 1. The van der Waals surface area contributed by atoms with E-state index in [2.05, 4.69) is 79.4 Å². The van der Waals surface area contributed by atoms with Crippen LogP contribution in [0.2, 0.25) is 0 Å². The van der Waals surface area contributed by atoms with Gasteiger partial charge in [-0.1, -0.05) is 65.8 Å². The van der Waals surface area contributed by atoms with Crippen molar-refractivity contribution < 1.29 is 14.3 Å². The van der Waals surface area contributed by atoms with Crippen LogP contribution in [0.15, 0.2) is 48.7 Å². The molecule has 238 valence electrons. The molecule has 0 spiro atoms. The van der Waals surface area contributed by atoms with Crippen LogP contribution in [-0.2, 0) is 22.1 Å². The molecule has 2 amide bonds. The molecule has 11 heteroatoms. The van der Waals surface area contributed by atoms with Crippen molar-refractivity contribution in [2.75, 3.05) is 31.6 Å². The van der Waals surface area contributed by atoms with Gasteiger partial charge in [0.1, 0.15) is 29.3 Å². The van der Waals surface area contributed by atoms with Crippen LogP contribution in [0, 0.1) is 0 Å². The van der Waals surface area contributed by atoms with Gasteiger partial charge in [0.2, 0.25) is 0 Å². The number of morpholine rings is 1. The van der Waals surface area contributed by atoms with Crippen LogP contribution >= 0.6 is 0 Å². The SMILES string of the molecule is CC(C)(C)c1cc(NC(=O)N[C@H]2CC[C@@H](Oc3ccc4nnc(C(C)(C)C)n4c3)c3ccccc32)nc(CN2CCOCC2)n1. The quantitative estimate of drug-likeness (QED) is 0.284. The molecular weight excluding hydrogens is 568 g/mol. The number of pyridine rings is 1. The number of ether oxygens (including phenoxy) is 2. The summed E-state index contributed by atoms with van der Waals surface area (Å²) in [7, 11) is 0. The normalized spacial score (nSPS) is 19.2. The molecule has 2 atom stereocenters. The van der Waals surface area contributed by atoms with Crippen LogP contribution in [0.4, 0.5) is 10.6 Å². The lowest BCUT2D eigenvalue weighted by atomic mass is 9.85. The number of carbonyl (C=O) groups is 1. The molecule has 0 saturated carbocycles. The number of nitrogens with zero attached hydrogens (tertiary/aromatic N) is 6. The van der Waals surface area contributed by atoms with Crippen LogP contribution in [0.1, 0.15) is 95.0 Å². The second-order valence-corrected chi connectivity index (χ2v) is 14.0. The minimum atomic E-state index is -0.294. The summed E-state index contributed by atoms with van der Waals surface area (Å²) in [6.07, 6.45) is 3.31. The van der Waals surface area contributed by atoms with Gasteiger partial charge in [-0.15, -0.1) is 10.2 Å². The predicted molar refractivity (Wildman–Crippen MR) is 172 cm³/mol. The molecule has 4 heterocycles. The highest BCUT2D eigenvalue weighted by Gasteiger charge is 2.30. The molecule has 0 radical (unpaired) electrons. The molecule has 4 aromatic rings. The fourth-order valence-electron chi connectivity index (χ4n) is 5.93. The van der Waals surface area contributed by atoms with E-state index in [1.54, 1.807) is 0 Å². The van der Waals surface area contributed by atoms with E-state index in [-0.39, 0.29) is 29.0 Å². The van der Waals surface area contributed by atoms with E-state index in [4.69, 9.17) is 19.4 Å². The maximum absolute atomic E-state index is 13.4. The molecule has 1 aliphatic heterocycles. The van der Waals surface area contributed by atoms with E-state index in [0.29, 0.717) is 31.4 Å². The summed E-state index contributed by atoms with van der Waals surface area (Å²) in [6, 6.07) is 13.5. The topological polar surface area (TPSA) is 119 Å². The molecule has 45 heavy (non-hydrogen) atoms. The van der Waals surface area contributed by atoms with E-state index < -0.39 is 0 Å². The summed E-state index contributed by atoms with van der Waals surface area (Å²) < 4.78 is 14.1. The first-order chi connectivity index (χ1) is 21.4. The molecule has 1 fully saturated rings. The molecule has 0 unspecified atom stereocenters. The Morgan fingerprint density at radius 1 is 0.956 bits per heavy atom. The Hall–Kier alpha value is -4.09. The second-order valence-electron chi connectivity index (χ2n) is 14.0. The molecule has 6 rings (SSSR count). The largest absolute Gasteiger partial charge is 0.484 e. The minimum absolute atomic E-state index is 0.145. The molecule has 2 aliphatic rings. The maximum atomic E-state index is 13.4. The van der Waals surface area contributed by atoms with Gasteiger partial charge in [0, 0.05) is 30.0 Å². The molecule has 1 saturated heterocycles. The Kier molecular flexibility index (Phi) is 8.49. The highest BCUT2D eigenvalue weighted by Crippen LogP contribution is 2.39. The van der Waals surface area contributed by atoms with E-state index in [0.717, 1.165) is 60.0 Å². The second kappa shape index (κ2) is 12.4. The summed E-state index contributed by atoms with van der Waals surface area (Å²) in [4.78, 5) is 25.2. The third kappa shape index (κ3) is 7.10. The van der Waals surface area contributed by atoms with E-state index in [1.165, 1.54) is 0 Å². The van der Waals surface area contributed by atoms with Crippen LogP contribution in [0.5, 0.6) is 5.75 Å². The lowest BCUT2D eigenvalue weighted by Gasteiger charge is -2.32. The van der Waals surface area contributed by atoms with Crippen molar-refractivity contribution in [3.05, 3.63) is 77.1 Å². The zero-order valence-corrected chi connectivity index (χ0v) is 27.1. The van der Waals surface area contributed by atoms with Crippen molar-refractivity contribution in [1.82, 2.24) is 34.8 Å². The highest BCUT2D eigenvalue weighted by atomic mass is 16.5. The van der Waals surface area contributed by atoms with Crippen LogP contribution in [0.25, 0.3) is 5.65 Å². The third-order valence-corrected chi connectivity index (χ3v) is 8.32. The number of hydrogen-bond donors (Lipinski definition) is 2. The van der Waals surface area contributed by atoms with Crippen molar-refractivity contribution in [3.63, 3.8) is 0 Å². The first kappa shape index (κ1) is 30.9. The summed E-state index contributed by atoms with van der Waals surface area (Å²) in [5.74, 6) is 2.83. The number of carbonyl (C=O) groups excluding carboxylic acids is 1. The average Bonchev–Trinajstić information content (AvgIpc) is 3.43. The fraction of sp³-hybridized carbons (Fsp3) is 0.500. The Balaban J connectivity index is 1.17. The summed E-state index contributed by atoms with van der Waals surface area (Å²) in [5.41, 5.74) is 3.45. The monoisotopic (exact) mass is 612 g/mol. The van der Waals surface area contributed by atoms with Gasteiger partial charge >= 0.3 is 6.03 Å². The van der Waals surface area contributed by atoms with Crippen molar-refractivity contribution in [3.8, 4) is 5.75 Å². The van der Waals surface area contributed by atoms with Gasteiger partial charge in [0.15, 0.2) is 5.65 Å². The number of benzene rings is 1. The Morgan fingerprint density at radius 3 is 2.44 bits per heavy atom. The number of aromatic nitrogens is 5. The van der Waals surface area contributed by atoms with Crippen LogP contribution < -0.4 is 15.4 Å². The third-order valence-electron chi connectivity index (χ3n) is 8.32. The standard InChI is InChI=1S/C34H44N8O3/c1-33(2,3)27-19-28(37-29(36-27)21-41-15-17-44-18-16-41)38-32(43)35-25-12-13-26(24-10-8-7-9-23(24)25)45-22-11-14-30-39-40-31(34(4,5)6)42(30)20-22/h7-11,14,19-20,25-26H,12-13,15-18,21H2,1-6H3,(H2,35,36,37,38,43)/t25-,26+/m0/s1. The summed E-state index contributed by atoms with van der Waals surface area (Å²) >= 11 is 0. The van der Waals surface area contributed by atoms with Crippen molar-refractivity contribution >= 4 is 17.5 Å². The van der Waals surface area contributed by atoms with Gasteiger partial charge in [-0.3, -0.25) is 14.6 Å². The van der Waals surface area contributed by atoms with E-state index in [9.17, 15) is 4.79 Å². The zero-order valence-electron chi connectivity index (χ0n) is 27.1. The molecule has 0 bridgehead atoms. The fourth-order valence-corrected chi connectivity index (χ4v) is 5.93. The predicted octanol–water partition coefficient (Wildman–Crippen LogP) is 5.72. The van der Waals surface area contributed by atoms with Crippen LogP contribution in [0.3, 0.4) is 0 Å². The smallest absolute Gasteiger partial charge is 0.320 e. The molecule has 1 aliphatic carbocycles. The molecule has 11 nitrogen and oxygen atoms in total. The lowest BCUT2D eigenvalue weighted by Crippen LogP contribution is -2.37. The van der Waals surface area contributed by atoms with Gasteiger partial charge in [-0.2, -0.15) is 0 Å². The highest BCUT2D eigenvalue weighted by molar-refractivity contribution is 5.88. The Labute approximate surface area is 264 Å². The van der Waals surface area contributed by atoms with Crippen molar-refractivity contribution in [2.24, 2.45) is 0 Å². The number of urea groups is 1. The van der Waals surface area contributed by atoms with Gasteiger partial charge in [-0.25, -0.2) is 14.8 Å². The van der Waals surface area contributed by atoms with Gasteiger partial charge in [0.25, 0.3) is 0 Å². The van der Waals surface area contributed by atoms with E-state index in [1.807, 2.05) is 40.9 Å². The Bertz CT molecular complexity index is 1670. The van der Waals surface area contributed by atoms with Crippen molar-refractivity contribution in [1.29, 1.82) is 0 Å². The number of rotatable bonds is 6. The number of amides is 2. The van der Waals surface area contributed by atoms with E-state index >= 15 is 0 Å². The summed E-state index contributed by atoms with van der Waals surface area (Å²) in [6.45, 7) is 16.4. The van der Waals surface area contributed by atoms with Gasteiger partial charge < -0.3 is 14.8 Å². The lowest BCUT2D eigenvalue weighted by molar-refractivity contribution is 0.0330. The van der Waals surface area contributed by atoms with Crippen molar-refractivity contribution in [2.45, 2.75) is 83.9 Å². The van der Waals surface area contributed by atoms with Crippen LogP contribution in [-0.4, -0.2) is 61.8 Å². The number of hydrogen-bond acceptors (Lipinski definition) is 8. The summed E-state index contributed by atoms with van der Waals surface area (Å²) in [5, 5.41) is 14.9. The molecule has 3 aromatic heterocycles. The Morgan fingerprint density at radius 2 is 1.71 bits per heavy atom.